The van der Waals surface area contributed by atoms with Crippen LogP contribution in [0.4, 0.5) is 0 Å². The van der Waals surface area contributed by atoms with E-state index in [4.69, 9.17) is 4.42 Å². The fourth-order valence-electron chi connectivity index (χ4n) is 2.42. The van der Waals surface area contributed by atoms with Crippen LogP contribution in [0.15, 0.2) is 40.7 Å². The first-order valence-corrected chi connectivity index (χ1v) is 7.58. The summed E-state index contributed by atoms with van der Waals surface area (Å²) < 4.78 is 14.4. The molecule has 1 saturated heterocycles. The quantitative estimate of drug-likeness (QED) is 0.440. The minimum atomic E-state index is -0.600. The Morgan fingerprint density at radius 3 is 2.72 bits per heavy atom. The predicted octanol–water partition coefficient (Wildman–Crippen LogP) is 0.712. The molecular weight excluding hydrogens is 328 g/mol. The number of furan rings is 1. The minimum Gasteiger partial charge on any atom is -0.468 e. The number of nitrogens with zero attached hydrogens (tertiary/aromatic N) is 1. The highest BCUT2D eigenvalue weighted by molar-refractivity contribution is 5.93. The Hall–Kier alpha value is -3.03. The first kappa shape index (κ1) is 18.3. The highest BCUT2D eigenvalue weighted by Gasteiger charge is 2.46. The summed E-state index contributed by atoms with van der Waals surface area (Å²) in [5.74, 6) is -0.675. The molecule has 134 valence electrons. The molecule has 0 unspecified atom stereocenters. The van der Waals surface area contributed by atoms with Crippen molar-refractivity contribution in [3.8, 4) is 0 Å². The lowest BCUT2D eigenvalue weighted by Crippen LogP contribution is -2.69. The molecular formula is C17H20N2O6. The number of likely N-dealkylation sites (tertiary alicyclic amines) is 1. The average Bonchev–Trinajstić information content (AvgIpc) is 3.12. The minimum absolute atomic E-state index is 0.152. The number of methoxy groups -OCH3 is 2. The van der Waals surface area contributed by atoms with Gasteiger partial charge in [0.2, 0.25) is 5.91 Å². The fourth-order valence-corrected chi connectivity index (χ4v) is 2.42. The summed E-state index contributed by atoms with van der Waals surface area (Å²) in [7, 11) is 2.53. The van der Waals surface area contributed by atoms with Gasteiger partial charge in [-0.3, -0.25) is 9.59 Å². The summed E-state index contributed by atoms with van der Waals surface area (Å²) >= 11 is 0. The molecule has 0 aromatic carbocycles. The van der Waals surface area contributed by atoms with E-state index in [9.17, 15) is 14.4 Å². The number of amides is 1. The third-order valence-corrected chi connectivity index (χ3v) is 3.70. The van der Waals surface area contributed by atoms with Gasteiger partial charge in [-0.2, -0.15) is 0 Å². The lowest BCUT2D eigenvalue weighted by molar-refractivity contribution is -0.157. The molecule has 2 atom stereocenters. The van der Waals surface area contributed by atoms with E-state index in [1.54, 1.807) is 31.2 Å². The number of hydrogen-bond donors (Lipinski definition) is 1. The average molecular weight is 348 g/mol. The molecule has 2 rings (SSSR count). The maximum atomic E-state index is 12.3. The molecule has 8 heteroatoms. The van der Waals surface area contributed by atoms with E-state index in [1.807, 2.05) is 0 Å². The zero-order valence-electron chi connectivity index (χ0n) is 14.2. The molecule has 1 aliphatic rings. The third kappa shape index (κ3) is 4.50. The van der Waals surface area contributed by atoms with Gasteiger partial charge in [0.15, 0.2) is 0 Å². The Bertz CT molecular complexity index is 692. The molecule has 0 saturated carbocycles. The number of esters is 2. The molecule has 0 aliphatic carbocycles. The van der Waals surface area contributed by atoms with Crippen molar-refractivity contribution in [2.45, 2.75) is 19.0 Å². The Balaban J connectivity index is 2.13. The summed E-state index contributed by atoms with van der Waals surface area (Å²) in [5, 5.41) is 2.97. The van der Waals surface area contributed by atoms with Gasteiger partial charge >= 0.3 is 11.9 Å². The van der Waals surface area contributed by atoms with E-state index in [0.717, 1.165) is 0 Å². The van der Waals surface area contributed by atoms with Crippen LogP contribution in [0, 0.1) is 0 Å². The number of rotatable bonds is 7. The number of carbonyl (C=O) groups excluding carboxylic acids is 3. The summed E-state index contributed by atoms with van der Waals surface area (Å²) in [6.45, 7) is 1.50. The van der Waals surface area contributed by atoms with Crippen molar-refractivity contribution in [2.75, 3.05) is 20.8 Å². The van der Waals surface area contributed by atoms with Crippen LogP contribution in [-0.4, -0.2) is 55.6 Å². The standard InChI is InChI=1S/C17H20N2O6/c1-11(9-14(20)23-2)18-16-13(7-6-12-5-4-8-25-12)19(17(16)22)10-15(21)24-3/h4-9,13,16,18H,10H2,1-3H3/b7-6+,11-9+/t13-,16+/m0/s1. The second-order valence-corrected chi connectivity index (χ2v) is 5.38. The second kappa shape index (κ2) is 8.18. The fraction of sp³-hybridized carbons (Fsp3) is 0.353. The predicted molar refractivity (Wildman–Crippen MR) is 88.0 cm³/mol. The molecule has 25 heavy (non-hydrogen) atoms. The molecule has 1 amide bonds. The molecule has 1 N–H and O–H groups in total. The van der Waals surface area contributed by atoms with Crippen molar-refractivity contribution in [3.63, 3.8) is 0 Å². The lowest BCUT2D eigenvalue weighted by Gasteiger charge is -2.45. The lowest BCUT2D eigenvalue weighted by atomic mass is 9.93. The van der Waals surface area contributed by atoms with E-state index in [1.165, 1.54) is 31.5 Å². The number of β-lactam (4-membered cyclic amide) rings is 1. The first-order chi connectivity index (χ1) is 12.0. The second-order valence-electron chi connectivity index (χ2n) is 5.38. The molecule has 0 radical (unpaired) electrons. The maximum Gasteiger partial charge on any atom is 0.332 e. The normalized spacial score (nSPS) is 20.4. The van der Waals surface area contributed by atoms with Crippen molar-refractivity contribution < 1.29 is 28.3 Å². The smallest absolute Gasteiger partial charge is 0.332 e. The van der Waals surface area contributed by atoms with Crippen molar-refractivity contribution >= 4 is 23.9 Å². The van der Waals surface area contributed by atoms with Crippen molar-refractivity contribution in [3.05, 3.63) is 42.0 Å². The molecule has 1 aliphatic heterocycles. The SMILES string of the molecule is COC(=O)/C=C(\C)N[C@H]1C(=O)N(CC(=O)OC)[C@H]1/C=C/c1ccco1. The molecule has 8 nitrogen and oxygen atoms in total. The molecule has 0 spiro atoms. The van der Waals surface area contributed by atoms with E-state index < -0.39 is 24.0 Å². The Kier molecular flexibility index (Phi) is 5.99. The van der Waals surface area contributed by atoms with Crippen LogP contribution >= 0.6 is 0 Å². The number of allylic oxidation sites excluding steroid dienone is 1. The Morgan fingerprint density at radius 1 is 1.36 bits per heavy atom. The van der Waals surface area contributed by atoms with E-state index in [0.29, 0.717) is 11.5 Å². The van der Waals surface area contributed by atoms with Crippen LogP contribution < -0.4 is 5.32 Å². The molecule has 2 heterocycles. The summed E-state index contributed by atoms with van der Waals surface area (Å²) in [4.78, 5) is 36.5. The van der Waals surface area contributed by atoms with Gasteiger partial charge < -0.3 is 24.1 Å². The summed E-state index contributed by atoms with van der Waals surface area (Å²) in [6.07, 6.45) is 6.27. The van der Waals surface area contributed by atoms with E-state index in [2.05, 4.69) is 14.8 Å². The van der Waals surface area contributed by atoms with Crippen LogP contribution in [0.25, 0.3) is 6.08 Å². The van der Waals surface area contributed by atoms with Gasteiger partial charge in [0, 0.05) is 11.8 Å². The highest BCUT2D eigenvalue weighted by Crippen LogP contribution is 2.23. The van der Waals surface area contributed by atoms with Crippen LogP contribution in [0.1, 0.15) is 12.7 Å². The molecule has 0 bridgehead atoms. The van der Waals surface area contributed by atoms with Gasteiger partial charge in [0.1, 0.15) is 18.3 Å². The topological polar surface area (TPSA) is 98.1 Å². The van der Waals surface area contributed by atoms with Gasteiger partial charge in [-0.25, -0.2) is 4.79 Å². The van der Waals surface area contributed by atoms with Gasteiger partial charge in [0.25, 0.3) is 0 Å². The van der Waals surface area contributed by atoms with Crippen molar-refractivity contribution in [1.29, 1.82) is 0 Å². The summed E-state index contributed by atoms with van der Waals surface area (Å²) in [5.41, 5.74) is 0.485. The number of ether oxygens (including phenoxy) is 2. The molecule has 1 aromatic rings. The largest absolute Gasteiger partial charge is 0.468 e. The zero-order valence-corrected chi connectivity index (χ0v) is 14.2. The van der Waals surface area contributed by atoms with Crippen LogP contribution in [0.5, 0.6) is 0 Å². The number of hydrogen-bond acceptors (Lipinski definition) is 7. The first-order valence-electron chi connectivity index (χ1n) is 7.58. The van der Waals surface area contributed by atoms with Crippen molar-refractivity contribution in [1.82, 2.24) is 10.2 Å². The Morgan fingerprint density at radius 2 is 2.12 bits per heavy atom. The monoisotopic (exact) mass is 348 g/mol. The molecule has 1 aromatic heterocycles. The third-order valence-electron chi connectivity index (χ3n) is 3.70. The van der Waals surface area contributed by atoms with Crippen molar-refractivity contribution in [2.24, 2.45) is 0 Å². The summed E-state index contributed by atoms with van der Waals surface area (Å²) in [6, 6.07) is 2.53. The van der Waals surface area contributed by atoms with Gasteiger partial charge in [-0.1, -0.05) is 6.08 Å². The maximum absolute atomic E-state index is 12.3. The number of carbonyl (C=O) groups is 3. The Labute approximate surface area is 145 Å². The van der Waals surface area contributed by atoms with E-state index >= 15 is 0 Å². The van der Waals surface area contributed by atoms with Gasteiger partial charge in [0.05, 0.1) is 26.5 Å². The zero-order chi connectivity index (χ0) is 18.4. The van der Waals surface area contributed by atoms with Crippen LogP contribution in [0.3, 0.4) is 0 Å². The molecule has 1 fully saturated rings. The van der Waals surface area contributed by atoms with Gasteiger partial charge in [-0.15, -0.1) is 0 Å². The van der Waals surface area contributed by atoms with Crippen LogP contribution in [-0.2, 0) is 23.9 Å². The van der Waals surface area contributed by atoms with Crippen LogP contribution in [0.2, 0.25) is 0 Å². The highest BCUT2D eigenvalue weighted by atomic mass is 16.5. The van der Waals surface area contributed by atoms with E-state index in [-0.39, 0.29) is 12.5 Å². The number of nitrogens with one attached hydrogen (secondary N) is 1. The van der Waals surface area contributed by atoms with Gasteiger partial charge in [-0.05, 0) is 25.1 Å².